The molecule has 2 aromatic carbocycles. The van der Waals surface area contributed by atoms with E-state index in [0.717, 1.165) is 61.4 Å². The highest BCUT2D eigenvalue weighted by Crippen LogP contribution is 2.30. The minimum atomic E-state index is 0.130. The summed E-state index contributed by atoms with van der Waals surface area (Å²) in [5, 5.41) is 6.97. The predicted octanol–water partition coefficient (Wildman–Crippen LogP) is 2.45. The smallest absolute Gasteiger partial charge is 0.191 e. The van der Waals surface area contributed by atoms with Crippen LogP contribution < -0.4 is 29.7 Å². The molecule has 4 rings (SSSR count). The zero-order valence-corrected chi connectivity index (χ0v) is 17.9. The minimum absolute atomic E-state index is 0.130. The number of ether oxygens (including phenoxy) is 3. The molecule has 7 heteroatoms. The van der Waals surface area contributed by atoms with Crippen molar-refractivity contribution in [1.82, 2.24) is 10.6 Å². The van der Waals surface area contributed by atoms with Gasteiger partial charge >= 0.3 is 0 Å². The maximum Gasteiger partial charge on any atom is 0.191 e. The lowest BCUT2D eigenvalue weighted by Gasteiger charge is -2.22. The topological polar surface area (TPSA) is 67.4 Å². The van der Waals surface area contributed by atoms with Gasteiger partial charge in [-0.2, -0.15) is 0 Å². The number of benzene rings is 2. The largest absolute Gasteiger partial charge is 0.497 e. The molecule has 2 unspecified atom stereocenters. The van der Waals surface area contributed by atoms with Crippen molar-refractivity contribution in [3.05, 3.63) is 48.0 Å². The van der Waals surface area contributed by atoms with Gasteiger partial charge in [0, 0.05) is 56.5 Å². The Hall–Kier alpha value is -3.09. The van der Waals surface area contributed by atoms with Crippen molar-refractivity contribution >= 4 is 11.6 Å². The molecule has 2 aliphatic rings. The van der Waals surface area contributed by atoms with Gasteiger partial charge in [0.25, 0.3) is 0 Å². The number of para-hydroxylation sites is 1. The van der Waals surface area contributed by atoms with Crippen LogP contribution >= 0.6 is 0 Å². The highest BCUT2D eigenvalue weighted by molar-refractivity contribution is 5.80. The van der Waals surface area contributed by atoms with E-state index in [1.807, 2.05) is 30.3 Å². The quantitative estimate of drug-likeness (QED) is 0.563. The predicted molar refractivity (Wildman–Crippen MR) is 119 cm³/mol. The first-order valence-electron chi connectivity index (χ1n) is 10.4. The lowest BCUT2D eigenvalue weighted by atomic mass is 10.1. The molecule has 0 amide bonds. The summed E-state index contributed by atoms with van der Waals surface area (Å²) in [4.78, 5) is 6.73. The van der Waals surface area contributed by atoms with Crippen molar-refractivity contribution in [1.29, 1.82) is 0 Å². The van der Waals surface area contributed by atoms with Gasteiger partial charge in [-0.15, -0.1) is 0 Å². The van der Waals surface area contributed by atoms with Crippen LogP contribution in [0.5, 0.6) is 17.2 Å². The highest BCUT2D eigenvalue weighted by Gasteiger charge is 2.26. The summed E-state index contributed by atoms with van der Waals surface area (Å²) in [5.74, 6) is 3.41. The van der Waals surface area contributed by atoms with Gasteiger partial charge in [-0.25, -0.2) is 0 Å². The fourth-order valence-electron chi connectivity index (χ4n) is 4.05. The summed E-state index contributed by atoms with van der Waals surface area (Å²) in [6, 6.07) is 14.5. The molecule has 0 radical (unpaired) electrons. The summed E-state index contributed by atoms with van der Waals surface area (Å²) < 4.78 is 16.8. The Morgan fingerprint density at radius 1 is 1.17 bits per heavy atom. The van der Waals surface area contributed by atoms with E-state index in [1.165, 1.54) is 5.56 Å². The molecule has 1 fully saturated rings. The van der Waals surface area contributed by atoms with Crippen molar-refractivity contribution in [2.45, 2.75) is 25.0 Å². The van der Waals surface area contributed by atoms with E-state index in [0.29, 0.717) is 6.04 Å². The third-order valence-corrected chi connectivity index (χ3v) is 5.67. The summed E-state index contributed by atoms with van der Waals surface area (Å²) in [5.41, 5.74) is 2.38. The molecule has 30 heavy (non-hydrogen) atoms. The number of hydrogen-bond donors (Lipinski definition) is 2. The summed E-state index contributed by atoms with van der Waals surface area (Å²) >= 11 is 0. The zero-order valence-electron chi connectivity index (χ0n) is 17.9. The zero-order chi connectivity index (χ0) is 20.9. The molecule has 0 bridgehead atoms. The van der Waals surface area contributed by atoms with Gasteiger partial charge < -0.3 is 29.7 Å². The fraction of sp³-hybridized carbons (Fsp3) is 0.435. The highest BCUT2D eigenvalue weighted by atomic mass is 16.5. The normalized spacial score (nSPS) is 20.5. The van der Waals surface area contributed by atoms with Crippen LogP contribution in [0.2, 0.25) is 0 Å². The van der Waals surface area contributed by atoms with E-state index in [9.17, 15) is 0 Å². The summed E-state index contributed by atoms with van der Waals surface area (Å²) in [7, 11) is 5.16. The first-order valence-corrected chi connectivity index (χ1v) is 10.4. The Bertz CT molecular complexity index is 855. The number of fused-ring (bicyclic) bond motifs is 1. The Balaban J connectivity index is 1.29. The Labute approximate surface area is 178 Å². The monoisotopic (exact) mass is 410 g/mol. The van der Waals surface area contributed by atoms with Crippen LogP contribution in [-0.2, 0) is 6.42 Å². The van der Waals surface area contributed by atoms with Gasteiger partial charge in [-0.05, 0) is 18.1 Å². The molecule has 2 aromatic rings. The number of guanidine groups is 1. The van der Waals surface area contributed by atoms with Crippen LogP contribution in [0.1, 0.15) is 12.0 Å². The first-order chi connectivity index (χ1) is 14.7. The number of anilines is 1. The van der Waals surface area contributed by atoms with Gasteiger partial charge in [0.2, 0.25) is 0 Å². The number of rotatable bonds is 6. The molecule has 0 spiro atoms. The van der Waals surface area contributed by atoms with Crippen LogP contribution in [0.4, 0.5) is 5.69 Å². The lowest BCUT2D eigenvalue weighted by Crippen LogP contribution is -2.47. The molecule has 7 nitrogen and oxygen atoms in total. The molecular weight excluding hydrogens is 380 g/mol. The van der Waals surface area contributed by atoms with Gasteiger partial charge in [0.05, 0.1) is 20.8 Å². The third kappa shape index (κ3) is 4.56. The molecular formula is C23H30N4O3. The standard InChI is InChI=1S/C23H30N4O3/c1-24-23(25-14-21-10-16-6-4-5-7-22(16)30-21)26-17-8-9-27(15-17)18-11-19(28-2)13-20(12-18)29-3/h4-7,11-13,17,21H,8-10,14-15H2,1-3H3,(H2,24,25,26). The van der Waals surface area contributed by atoms with Crippen molar-refractivity contribution in [3.8, 4) is 17.2 Å². The van der Waals surface area contributed by atoms with Gasteiger partial charge in [0.1, 0.15) is 23.4 Å². The van der Waals surface area contributed by atoms with Crippen molar-refractivity contribution < 1.29 is 14.2 Å². The molecule has 0 saturated carbocycles. The van der Waals surface area contributed by atoms with Gasteiger partial charge in [-0.3, -0.25) is 4.99 Å². The molecule has 1 saturated heterocycles. The maximum atomic E-state index is 6.01. The Kier molecular flexibility index (Phi) is 6.16. The minimum Gasteiger partial charge on any atom is -0.497 e. The average Bonchev–Trinajstić information content (AvgIpc) is 3.42. The second-order valence-corrected chi connectivity index (χ2v) is 7.65. The molecule has 160 valence electrons. The van der Waals surface area contributed by atoms with E-state index in [4.69, 9.17) is 14.2 Å². The Morgan fingerprint density at radius 2 is 1.93 bits per heavy atom. The first kappa shape index (κ1) is 20.2. The second-order valence-electron chi connectivity index (χ2n) is 7.65. The molecule has 2 atom stereocenters. The lowest BCUT2D eigenvalue weighted by molar-refractivity contribution is 0.234. The van der Waals surface area contributed by atoms with Gasteiger partial charge in [-0.1, -0.05) is 18.2 Å². The van der Waals surface area contributed by atoms with E-state index in [1.54, 1.807) is 21.3 Å². The molecule has 0 aromatic heterocycles. The van der Waals surface area contributed by atoms with Crippen LogP contribution in [0.25, 0.3) is 0 Å². The summed E-state index contributed by atoms with van der Waals surface area (Å²) in [6.07, 6.45) is 2.09. The number of nitrogens with one attached hydrogen (secondary N) is 2. The van der Waals surface area contributed by atoms with E-state index in [2.05, 4.69) is 32.7 Å². The molecule has 2 N–H and O–H groups in total. The third-order valence-electron chi connectivity index (χ3n) is 5.67. The Morgan fingerprint density at radius 3 is 2.63 bits per heavy atom. The number of methoxy groups -OCH3 is 2. The molecule has 2 aliphatic heterocycles. The van der Waals surface area contributed by atoms with Crippen LogP contribution in [-0.4, -0.2) is 59.0 Å². The number of aliphatic imine (C=N–C) groups is 1. The second kappa shape index (κ2) is 9.15. The average molecular weight is 411 g/mol. The van der Waals surface area contributed by atoms with Gasteiger partial charge in [0.15, 0.2) is 5.96 Å². The van der Waals surface area contributed by atoms with Crippen LogP contribution in [0.15, 0.2) is 47.5 Å². The fourth-order valence-corrected chi connectivity index (χ4v) is 4.05. The van der Waals surface area contributed by atoms with Crippen LogP contribution in [0, 0.1) is 0 Å². The summed E-state index contributed by atoms with van der Waals surface area (Å²) in [6.45, 7) is 2.58. The van der Waals surface area contributed by atoms with Crippen molar-refractivity contribution in [3.63, 3.8) is 0 Å². The SMILES string of the molecule is CN=C(NCC1Cc2ccccc2O1)NC1CCN(c2cc(OC)cc(OC)c2)C1. The van der Waals surface area contributed by atoms with Crippen molar-refractivity contribution in [2.24, 2.45) is 4.99 Å². The molecule has 0 aliphatic carbocycles. The maximum absolute atomic E-state index is 6.01. The van der Waals surface area contributed by atoms with Crippen molar-refractivity contribution in [2.75, 3.05) is 45.8 Å². The molecule has 2 heterocycles. The van der Waals surface area contributed by atoms with E-state index >= 15 is 0 Å². The number of hydrogen-bond acceptors (Lipinski definition) is 5. The van der Waals surface area contributed by atoms with Crippen LogP contribution in [0.3, 0.4) is 0 Å². The van der Waals surface area contributed by atoms with E-state index in [-0.39, 0.29) is 6.10 Å². The van der Waals surface area contributed by atoms with E-state index < -0.39 is 0 Å². The number of nitrogens with zero attached hydrogens (tertiary/aromatic N) is 2.